The van der Waals surface area contributed by atoms with Crippen molar-refractivity contribution in [2.75, 3.05) is 0 Å². The van der Waals surface area contributed by atoms with Crippen LogP contribution in [0.5, 0.6) is 0 Å². The molecule has 1 aromatic carbocycles. The molecule has 1 nitrogen and oxygen atoms in total. The van der Waals surface area contributed by atoms with Crippen molar-refractivity contribution >= 4 is 23.1 Å². The fourth-order valence-electron chi connectivity index (χ4n) is 0.943. The lowest BCUT2D eigenvalue weighted by Gasteiger charge is -1.94. The molecule has 0 amide bonds. The van der Waals surface area contributed by atoms with Crippen LogP contribution < -0.4 is 0 Å². The number of aromatic nitrogens is 1. The van der Waals surface area contributed by atoms with E-state index in [-0.39, 0.29) is 0 Å². The van der Waals surface area contributed by atoms with Crippen LogP contribution in [0.3, 0.4) is 0 Å². The Bertz CT molecular complexity index is 353. The lowest BCUT2D eigenvalue weighted by molar-refractivity contribution is 1.54. The van der Waals surface area contributed by atoms with E-state index in [1.165, 1.54) is 11.5 Å². The van der Waals surface area contributed by atoms with Crippen LogP contribution in [0.2, 0.25) is 5.02 Å². The molecule has 1 radical (unpaired) electrons. The largest absolute Gasteiger partial charge is 0.190 e. The first-order valence-electron chi connectivity index (χ1n) is 3.44. The van der Waals surface area contributed by atoms with Crippen LogP contribution in [0.15, 0.2) is 29.6 Å². The number of hydrogen-bond donors (Lipinski definition) is 0. The molecular weight excluding hydrogens is 190 g/mol. The second-order valence-corrected chi connectivity index (χ2v) is 3.41. The molecule has 0 fully saturated rings. The molecule has 0 unspecified atom stereocenters. The van der Waals surface area contributed by atoms with Crippen LogP contribution in [0, 0.1) is 6.20 Å². The average Bonchev–Trinajstić information content (AvgIpc) is 2.58. The molecule has 1 heterocycles. The first-order chi connectivity index (χ1) is 5.86. The Morgan fingerprint density at radius 2 is 2.00 bits per heavy atom. The van der Waals surface area contributed by atoms with Crippen molar-refractivity contribution in [3.63, 3.8) is 0 Å². The van der Waals surface area contributed by atoms with Crippen molar-refractivity contribution in [1.29, 1.82) is 0 Å². The maximum absolute atomic E-state index is 5.75. The first-order valence-corrected chi connectivity index (χ1v) is 4.66. The van der Waals surface area contributed by atoms with Crippen molar-refractivity contribution in [3.05, 3.63) is 40.9 Å². The number of halogens is 1. The van der Waals surface area contributed by atoms with Crippen LogP contribution in [-0.2, 0) is 0 Å². The van der Waals surface area contributed by atoms with Gasteiger partial charge in [0.15, 0.2) is 0 Å². The minimum atomic E-state index is 0.752. The maximum atomic E-state index is 5.75. The minimum absolute atomic E-state index is 0.752. The van der Waals surface area contributed by atoms with Crippen molar-refractivity contribution in [3.8, 4) is 11.1 Å². The Hall–Kier alpha value is -0.860. The average molecular weight is 195 g/mol. The van der Waals surface area contributed by atoms with Gasteiger partial charge in [0.1, 0.15) is 6.20 Å². The van der Waals surface area contributed by atoms with E-state index in [2.05, 4.69) is 10.6 Å². The molecule has 12 heavy (non-hydrogen) atoms. The van der Waals surface area contributed by atoms with Crippen molar-refractivity contribution in [1.82, 2.24) is 4.37 Å². The van der Waals surface area contributed by atoms with E-state index in [4.69, 9.17) is 11.6 Å². The summed E-state index contributed by atoms with van der Waals surface area (Å²) in [5.41, 5.74) is 2.13. The third-order valence-electron chi connectivity index (χ3n) is 1.54. The minimum Gasteiger partial charge on any atom is -0.190 e. The quantitative estimate of drug-likeness (QED) is 0.679. The Labute approximate surface area is 79.8 Å². The van der Waals surface area contributed by atoms with E-state index >= 15 is 0 Å². The first kappa shape index (κ1) is 7.77. The molecule has 1 aromatic heterocycles. The van der Waals surface area contributed by atoms with Gasteiger partial charge in [0.05, 0.1) is 0 Å². The second-order valence-electron chi connectivity index (χ2n) is 2.35. The summed E-state index contributed by atoms with van der Waals surface area (Å²) >= 11 is 7.15. The van der Waals surface area contributed by atoms with E-state index in [1.54, 1.807) is 0 Å². The van der Waals surface area contributed by atoms with E-state index < -0.39 is 0 Å². The molecule has 2 rings (SSSR count). The summed E-state index contributed by atoms with van der Waals surface area (Å²) in [4.78, 5) is 0. The van der Waals surface area contributed by atoms with Crippen LogP contribution >= 0.6 is 23.1 Å². The van der Waals surface area contributed by atoms with E-state index in [9.17, 15) is 0 Å². The van der Waals surface area contributed by atoms with Gasteiger partial charge in [-0.1, -0.05) is 23.7 Å². The topological polar surface area (TPSA) is 12.9 Å². The molecule has 3 heteroatoms. The monoisotopic (exact) mass is 194 g/mol. The molecule has 0 aliphatic carbocycles. The van der Waals surface area contributed by atoms with E-state index in [1.807, 2.05) is 29.6 Å². The molecule has 0 aliphatic rings. The fraction of sp³-hybridized carbons (Fsp3) is 0. The summed E-state index contributed by atoms with van der Waals surface area (Å²) in [6.07, 6.45) is 2.90. The van der Waals surface area contributed by atoms with Gasteiger partial charge in [-0.05, 0) is 29.2 Å². The van der Waals surface area contributed by atoms with Gasteiger partial charge in [0.2, 0.25) is 0 Å². The van der Waals surface area contributed by atoms with E-state index in [0.717, 1.165) is 16.1 Å². The van der Waals surface area contributed by atoms with E-state index in [0.29, 0.717) is 0 Å². The SMILES string of the molecule is Clc1ccc(-c2[c]nsc2)cc1. The van der Waals surface area contributed by atoms with Gasteiger partial charge in [0, 0.05) is 16.0 Å². The zero-order chi connectivity index (χ0) is 8.39. The van der Waals surface area contributed by atoms with Crippen LogP contribution in [-0.4, -0.2) is 4.37 Å². The Morgan fingerprint density at radius 3 is 2.58 bits per heavy atom. The molecule has 0 saturated heterocycles. The highest BCUT2D eigenvalue weighted by Crippen LogP contribution is 2.21. The van der Waals surface area contributed by atoms with Crippen molar-refractivity contribution in [2.24, 2.45) is 0 Å². The predicted molar refractivity (Wildman–Crippen MR) is 51.4 cm³/mol. The summed E-state index contributed by atoms with van der Waals surface area (Å²) in [5.74, 6) is 0. The highest BCUT2D eigenvalue weighted by molar-refractivity contribution is 7.03. The van der Waals surface area contributed by atoms with Gasteiger partial charge in [-0.2, -0.15) is 4.37 Å². The van der Waals surface area contributed by atoms with Crippen molar-refractivity contribution in [2.45, 2.75) is 0 Å². The van der Waals surface area contributed by atoms with Crippen LogP contribution in [0.1, 0.15) is 0 Å². The predicted octanol–water partition coefficient (Wildman–Crippen LogP) is 3.26. The number of nitrogens with zero attached hydrogens (tertiary/aromatic N) is 1. The van der Waals surface area contributed by atoms with Crippen LogP contribution in [0.4, 0.5) is 0 Å². The molecule has 2 aromatic rings. The number of hydrogen-bond acceptors (Lipinski definition) is 2. The summed E-state index contributed by atoms with van der Waals surface area (Å²) in [6.45, 7) is 0. The molecule has 0 atom stereocenters. The Morgan fingerprint density at radius 1 is 1.25 bits per heavy atom. The summed E-state index contributed by atoms with van der Waals surface area (Å²) in [5, 5.41) is 2.71. The summed E-state index contributed by atoms with van der Waals surface area (Å²) in [7, 11) is 0. The van der Waals surface area contributed by atoms with Crippen molar-refractivity contribution < 1.29 is 0 Å². The molecule has 0 bridgehead atoms. The third kappa shape index (κ3) is 1.49. The van der Waals surface area contributed by atoms with Gasteiger partial charge in [-0.15, -0.1) is 0 Å². The second kappa shape index (κ2) is 3.25. The molecular formula is C9H5ClNS. The summed E-state index contributed by atoms with van der Waals surface area (Å²) < 4.78 is 3.90. The van der Waals surface area contributed by atoms with Gasteiger partial charge in [-0.25, -0.2) is 0 Å². The smallest absolute Gasteiger partial charge is 0.112 e. The Kier molecular flexibility index (Phi) is 2.11. The molecule has 0 saturated carbocycles. The standard InChI is InChI=1S/C9H5ClNS/c10-9-3-1-7(2-4-9)8-5-11-12-6-8/h1-4,6H. The zero-order valence-corrected chi connectivity index (χ0v) is 7.69. The number of benzene rings is 1. The van der Waals surface area contributed by atoms with Gasteiger partial charge in [0.25, 0.3) is 0 Å². The number of rotatable bonds is 1. The lowest BCUT2D eigenvalue weighted by Crippen LogP contribution is -1.71. The maximum Gasteiger partial charge on any atom is 0.112 e. The molecule has 59 valence electrons. The molecule has 0 aliphatic heterocycles. The molecule has 0 N–H and O–H groups in total. The molecule has 0 spiro atoms. The highest BCUT2D eigenvalue weighted by atomic mass is 35.5. The zero-order valence-electron chi connectivity index (χ0n) is 6.12. The van der Waals surface area contributed by atoms with Gasteiger partial charge in [-0.3, -0.25) is 0 Å². The fourth-order valence-corrected chi connectivity index (χ4v) is 1.57. The Balaban J connectivity index is 2.43. The third-order valence-corrected chi connectivity index (χ3v) is 2.33. The van der Waals surface area contributed by atoms with Gasteiger partial charge < -0.3 is 0 Å². The normalized spacial score (nSPS) is 10.1. The highest BCUT2D eigenvalue weighted by Gasteiger charge is 1.97. The van der Waals surface area contributed by atoms with Crippen LogP contribution in [0.25, 0.3) is 11.1 Å². The summed E-state index contributed by atoms with van der Waals surface area (Å²) in [6, 6.07) is 7.65. The lowest BCUT2D eigenvalue weighted by atomic mass is 10.1. The van der Waals surface area contributed by atoms with Gasteiger partial charge >= 0.3 is 0 Å².